The van der Waals surface area contributed by atoms with Crippen molar-refractivity contribution in [3.8, 4) is 0 Å². The van der Waals surface area contributed by atoms with E-state index in [1.54, 1.807) is 33.7 Å². The van der Waals surface area contributed by atoms with E-state index in [1.807, 2.05) is 0 Å². The molecule has 0 spiro atoms. The summed E-state index contributed by atoms with van der Waals surface area (Å²) < 4.78 is 0. The second-order valence-corrected chi connectivity index (χ2v) is 11.4. The molecule has 182 valence electrons. The summed E-state index contributed by atoms with van der Waals surface area (Å²) in [6, 6.07) is 9.33. The van der Waals surface area contributed by atoms with Gasteiger partial charge in [0.1, 0.15) is 0 Å². The number of hydrogen-bond acceptors (Lipinski definition) is 1. The highest BCUT2D eigenvalue weighted by Crippen LogP contribution is 2.52. The maximum Gasteiger partial charge on any atom is 0.0305 e. The van der Waals surface area contributed by atoms with Crippen molar-refractivity contribution in [2.24, 2.45) is 17.8 Å². The summed E-state index contributed by atoms with van der Waals surface area (Å²) in [5, 5.41) is 0. The van der Waals surface area contributed by atoms with Gasteiger partial charge in [0, 0.05) is 23.0 Å². The monoisotopic (exact) mass is 463 g/mol. The molecule has 1 heteroatoms. The third-order valence-electron chi connectivity index (χ3n) is 9.32. The van der Waals surface area contributed by atoms with Crippen LogP contribution in [-0.4, -0.2) is 4.90 Å². The van der Waals surface area contributed by atoms with E-state index in [4.69, 9.17) is 0 Å². The quantitative estimate of drug-likeness (QED) is 0.421. The lowest BCUT2D eigenvalue weighted by atomic mass is 9.67. The first-order chi connectivity index (χ1) is 17.2. The second-order valence-electron chi connectivity index (χ2n) is 11.4. The first-order valence-corrected chi connectivity index (χ1v) is 14.3. The van der Waals surface area contributed by atoms with Crippen molar-refractivity contribution in [2.75, 3.05) is 0 Å². The molecule has 4 unspecified atom stereocenters. The number of rotatable bonds is 5. The van der Waals surface area contributed by atoms with E-state index in [9.17, 15) is 0 Å². The highest BCUT2D eigenvalue weighted by Gasteiger charge is 2.40. The molecule has 4 atom stereocenters. The summed E-state index contributed by atoms with van der Waals surface area (Å²) in [6.45, 7) is 4.82. The normalized spacial score (nSPS) is 30.0. The smallest absolute Gasteiger partial charge is 0.0305 e. The Morgan fingerprint density at radius 1 is 0.971 bits per heavy atom. The number of fused-ring (bicyclic) bond motifs is 2. The molecule has 1 nitrogen and oxygen atoms in total. The van der Waals surface area contributed by atoms with Crippen molar-refractivity contribution >= 4 is 0 Å². The summed E-state index contributed by atoms with van der Waals surface area (Å²) >= 11 is 0. The molecule has 1 saturated carbocycles. The minimum Gasteiger partial charge on any atom is -0.321 e. The van der Waals surface area contributed by atoms with Gasteiger partial charge in [-0.05, 0) is 104 Å². The van der Waals surface area contributed by atoms with Gasteiger partial charge in [0.05, 0.1) is 0 Å². The maximum absolute atomic E-state index is 2.66. The van der Waals surface area contributed by atoms with Crippen LogP contribution in [0.1, 0.15) is 88.7 Å². The lowest BCUT2D eigenvalue weighted by molar-refractivity contribution is 0.268. The van der Waals surface area contributed by atoms with Gasteiger partial charge >= 0.3 is 0 Å². The first-order valence-electron chi connectivity index (χ1n) is 14.3. The van der Waals surface area contributed by atoms with Crippen LogP contribution in [0.25, 0.3) is 0 Å². The van der Waals surface area contributed by atoms with E-state index in [-0.39, 0.29) is 0 Å². The summed E-state index contributed by atoms with van der Waals surface area (Å²) in [5.74, 6) is 2.76. The minimum absolute atomic E-state index is 0.554. The van der Waals surface area contributed by atoms with Crippen LogP contribution in [0.5, 0.6) is 0 Å². The number of benzene rings is 1. The van der Waals surface area contributed by atoms with Crippen molar-refractivity contribution in [3.63, 3.8) is 0 Å². The molecule has 1 aliphatic heterocycles. The van der Waals surface area contributed by atoms with E-state index < -0.39 is 0 Å². The highest BCUT2D eigenvalue weighted by molar-refractivity contribution is 5.51. The first kappa shape index (κ1) is 22.9. The van der Waals surface area contributed by atoms with E-state index >= 15 is 0 Å². The molecule has 1 fully saturated rings. The van der Waals surface area contributed by atoms with Gasteiger partial charge in [0.25, 0.3) is 0 Å². The van der Waals surface area contributed by atoms with Crippen molar-refractivity contribution in [1.82, 2.24) is 4.90 Å². The van der Waals surface area contributed by atoms with E-state index in [0.717, 1.165) is 18.3 Å². The molecule has 0 N–H and O–H groups in total. The van der Waals surface area contributed by atoms with Gasteiger partial charge in [0.2, 0.25) is 0 Å². The molecule has 0 amide bonds. The van der Waals surface area contributed by atoms with Gasteiger partial charge < -0.3 is 4.90 Å². The zero-order valence-electron chi connectivity index (χ0n) is 21.7. The van der Waals surface area contributed by atoms with Crippen LogP contribution in [-0.2, 0) is 6.42 Å². The van der Waals surface area contributed by atoms with Crippen molar-refractivity contribution < 1.29 is 0 Å². The molecule has 4 aliphatic carbocycles. The van der Waals surface area contributed by atoms with Crippen molar-refractivity contribution in [2.45, 2.75) is 84.0 Å². The Bertz CT molecular complexity index is 1150. The third kappa shape index (κ3) is 4.22. The lowest BCUT2D eigenvalue weighted by Crippen LogP contribution is -2.26. The van der Waals surface area contributed by atoms with Crippen LogP contribution in [0.4, 0.5) is 0 Å². The lowest BCUT2D eigenvalue weighted by Gasteiger charge is -2.38. The zero-order chi connectivity index (χ0) is 23.8. The SMILES string of the molecule is CCCc1ccccc1C1CC(C2=CC=C3C(C2)C2=C(CCC=C2)N3C2=CC=CCC2)CCC1C. The predicted molar refractivity (Wildman–Crippen MR) is 148 cm³/mol. The Morgan fingerprint density at radius 3 is 2.71 bits per heavy atom. The van der Waals surface area contributed by atoms with Gasteiger partial charge in [-0.3, -0.25) is 0 Å². The van der Waals surface area contributed by atoms with Crippen molar-refractivity contribution in [1.29, 1.82) is 0 Å². The maximum atomic E-state index is 2.66. The molecule has 0 bridgehead atoms. The standard InChI is InChI=1S/C34H41N/c1-3-11-25-12-7-8-15-29(25)31-22-26(19-18-24(31)2)27-20-21-34-32(23-27)30-16-9-10-17-33(30)35(34)28-13-5-4-6-14-28/h4-5,7-9,12-13,15-16,20-21,24,26,31-32H,3,6,10-11,14,17-19,22-23H2,1-2H3. The molecule has 5 aliphatic rings. The predicted octanol–water partition coefficient (Wildman–Crippen LogP) is 9.14. The molecule has 6 rings (SSSR count). The van der Waals surface area contributed by atoms with Crippen LogP contribution in [0.15, 0.2) is 95.0 Å². The highest BCUT2D eigenvalue weighted by atomic mass is 15.2. The number of allylic oxidation sites excluding steroid dienone is 11. The fraction of sp³-hybridized carbons (Fsp3) is 0.471. The Hall–Kier alpha value is -2.54. The van der Waals surface area contributed by atoms with E-state index in [1.165, 1.54) is 63.5 Å². The summed E-state index contributed by atoms with van der Waals surface area (Å²) in [4.78, 5) is 2.66. The van der Waals surface area contributed by atoms with Crippen LogP contribution >= 0.6 is 0 Å². The van der Waals surface area contributed by atoms with Crippen LogP contribution < -0.4 is 0 Å². The van der Waals surface area contributed by atoms with E-state index in [2.05, 4.69) is 85.5 Å². The molecule has 1 heterocycles. The average molecular weight is 464 g/mol. The minimum atomic E-state index is 0.554. The fourth-order valence-electron chi connectivity index (χ4n) is 7.50. The Morgan fingerprint density at radius 2 is 1.86 bits per heavy atom. The molecule has 0 aromatic heterocycles. The molecule has 35 heavy (non-hydrogen) atoms. The topological polar surface area (TPSA) is 3.24 Å². The van der Waals surface area contributed by atoms with Gasteiger partial charge in [-0.25, -0.2) is 0 Å². The number of nitrogens with zero attached hydrogens (tertiary/aromatic N) is 1. The Labute approximate surface area is 212 Å². The van der Waals surface area contributed by atoms with Crippen LogP contribution in [0.2, 0.25) is 0 Å². The third-order valence-corrected chi connectivity index (χ3v) is 9.32. The number of hydrogen-bond donors (Lipinski definition) is 0. The summed E-state index contributed by atoms with van der Waals surface area (Å²) in [7, 11) is 0. The molecule has 1 aromatic rings. The van der Waals surface area contributed by atoms with Crippen LogP contribution in [0, 0.1) is 17.8 Å². The molecule has 0 saturated heterocycles. The molecule has 0 radical (unpaired) electrons. The van der Waals surface area contributed by atoms with Gasteiger partial charge in [-0.2, -0.15) is 0 Å². The number of aryl methyl sites for hydroxylation is 1. The van der Waals surface area contributed by atoms with Gasteiger partial charge in [-0.1, -0.05) is 80.5 Å². The fourth-order valence-corrected chi connectivity index (χ4v) is 7.50. The zero-order valence-corrected chi connectivity index (χ0v) is 21.7. The molecule has 1 aromatic carbocycles. The van der Waals surface area contributed by atoms with Crippen LogP contribution in [0.3, 0.4) is 0 Å². The molecular weight excluding hydrogens is 422 g/mol. The van der Waals surface area contributed by atoms with Crippen molar-refractivity contribution in [3.05, 3.63) is 106 Å². The second kappa shape index (κ2) is 9.84. The van der Waals surface area contributed by atoms with E-state index in [0.29, 0.717) is 11.8 Å². The Balaban J connectivity index is 1.29. The Kier molecular flexibility index (Phi) is 6.44. The largest absolute Gasteiger partial charge is 0.321 e. The van der Waals surface area contributed by atoms with Gasteiger partial charge in [-0.15, -0.1) is 0 Å². The summed E-state index contributed by atoms with van der Waals surface area (Å²) in [6.07, 6.45) is 29.2. The molecular formula is C34H41N. The van der Waals surface area contributed by atoms with Gasteiger partial charge in [0.15, 0.2) is 0 Å². The summed E-state index contributed by atoms with van der Waals surface area (Å²) in [5.41, 5.74) is 11.2. The average Bonchev–Trinajstić information content (AvgIpc) is 3.24.